The summed E-state index contributed by atoms with van der Waals surface area (Å²) in [5.74, 6) is 2.05. The second-order valence-corrected chi connectivity index (χ2v) is 4.37. The molecule has 0 amide bonds. The molecule has 1 aromatic rings. The summed E-state index contributed by atoms with van der Waals surface area (Å²) in [6.45, 7) is 0.754. The van der Waals surface area contributed by atoms with Gasteiger partial charge in [0.2, 0.25) is 0 Å². The summed E-state index contributed by atoms with van der Waals surface area (Å²) in [7, 11) is 1.69. The van der Waals surface area contributed by atoms with Crippen LogP contribution in [0, 0.1) is 0 Å². The summed E-state index contributed by atoms with van der Waals surface area (Å²) in [6.07, 6.45) is 0.610. The highest BCUT2D eigenvalue weighted by Crippen LogP contribution is 2.07. The lowest BCUT2D eigenvalue weighted by atomic mass is 10.1. The molecule has 0 unspecified atom stereocenters. The third-order valence-corrected chi connectivity index (χ3v) is 2.95. The molecule has 0 heterocycles. The first kappa shape index (κ1) is 12.3. The zero-order valence-corrected chi connectivity index (χ0v) is 9.76. The highest BCUT2D eigenvalue weighted by atomic mass is 32.2. The van der Waals surface area contributed by atoms with Crippen molar-refractivity contribution in [3.63, 3.8) is 0 Å². The van der Waals surface area contributed by atoms with Gasteiger partial charge in [0.05, 0.1) is 6.61 Å². The molecule has 0 saturated heterocycles. The average molecular weight is 224 g/mol. The minimum atomic E-state index is 0.223. The Hall–Kier alpha value is -0.800. The van der Waals surface area contributed by atoms with E-state index in [1.54, 1.807) is 18.9 Å². The Kier molecular flexibility index (Phi) is 6.12. The lowest BCUT2D eigenvalue weighted by Crippen LogP contribution is -2.01. The van der Waals surface area contributed by atoms with Gasteiger partial charge >= 0.3 is 0 Å². The molecule has 1 rings (SSSR count). The molecule has 0 aliphatic heterocycles. The van der Waals surface area contributed by atoms with Crippen molar-refractivity contribution in [3.8, 4) is 0 Å². The molecule has 0 atom stereocenters. The van der Waals surface area contributed by atoms with Crippen molar-refractivity contribution in [1.82, 2.24) is 0 Å². The Bertz CT molecular complexity index is 285. The molecule has 0 saturated carbocycles. The second-order valence-electron chi connectivity index (χ2n) is 3.14. The maximum atomic E-state index is 11.6. The summed E-state index contributed by atoms with van der Waals surface area (Å²) < 4.78 is 4.93. The predicted molar refractivity (Wildman–Crippen MR) is 64.6 cm³/mol. The second kappa shape index (κ2) is 7.49. The Balaban J connectivity index is 2.20. The summed E-state index contributed by atoms with van der Waals surface area (Å²) in [6, 6.07) is 9.44. The number of benzene rings is 1. The molecule has 0 aliphatic carbocycles. The molecular formula is C12H16O2S. The van der Waals surface area contributed by atoms with E-state index >= 15 is 0 Å². The minimum Gasteiger partial charge on any atom is -0.384 e. The van der Waals surface area contributed by atoms with E-state index in [1.807, 2.05) is 30.3 Å². The van der Waals surface area contributed by atoms with E-state index in [9.17, 15) is 4.79 Å². The van der Waals surface area contributed by atoms with Crippen molar-refractivity contribution >= 4 is 17.5 Å². The number of carbonyl (C=O) groups is 1. The average Bonchev–Trinajstić information content (AvgIpc) is 2.30. The normalized spacial score (nSPS) is 10.2. The lowest BCUT2D eigenvalue weighted by molar-refractivity contribution is 0.0989. The van der Waals surface area contributed by atoms with Crippen LogP contribution in [0.5, 0.6) is 0 Å². The summed E-state index contributed by atoms with van der Waals surface area (Å²) in [5.41, 5.74) is 0.810. The number of hydrogen-bond donors (Lipinski definition) is 0. The fraction of sp³-hybridized carbons (Fsp3) is 0.417. The number of Topliss-reactive ketones (excluding diaryl/α,β-unsaturated/α-hetero) is 1. The maximum absolute atomic E-state index is 11.6. The third-order valence-electron chi connectivity index (χ3n) is 2.00. The Morgan fingerprint density at radius 2 is 2.00 bits per heavy atom. The SMILES string of the molecule is COCCSCCC(=O)c1ccccc1. The molecule has 0 aromatic heterocycles. The molecule has 0 N–H and O–H groups in total. The highest BCUT2D eigenvalue weighted by molar-refractivity contribution is 7.99. The molecule has 0 bridgehead atoms. The largest absolute Gasteiger partial charge is 0.384 e. The number of carbonyl (C=O) groups excluding carboxylic acids is 1. The Labute approximate surface area is 95.0 Å². The molecule has 1 aromatic carbocycles. The van der Waals surface area contributed by atoms with Gasteiger partial charge < -0.3 is 4.74 Å². The zero-order valence-electron chi connectivity index (χ0n) is 8.94. The fourth-order valence-electron chi connectivity index (χ4n) is 1.18. The van der Waals surface area contributed by atoms with Gasteiger partial charge in [-0.2, -0.15) is 11.8 Å². The van der Waals surface area contributed by atoms with Gasteiger partial charge in [-0.25, -0.2) is 0 Å². The molecule has 2 nitrogen and oxygen atoms in total. The van der Waals surface area contributed by atoms with Gasteiger partial charge in [0.1, 0.15) is 0 Å². The molecule has 82 valence electrons. The molecule has 0 spiro atoms. The number of hydrogen-bond acceptors (Lipinski definition) is 3. The molecule has 0 fully saturated rings. The van der Waals surface area contributed by atoms with Crippen LogP contribution in [0.2, 0.25) is 0 Å². The van der Waals surface area contributed by atoms with Crippen LogP contribution in [0.4, 0.5) is 0 Å². The third kappa shape index (κ3) is 5.00. The van der Waals surface area contributed by atoms with E-state index in [0.717, 1.165) is 23.7 Å². The first-order valence-corrected chi connectivity index (χ1v) is 6.15. The van der Waals surface area contributed by atoms with Crippen LogP contribution in [-0.2, 0) is 4.74 Å². The van der Waals surface area contributed by atoms with Crippen LogP contribution in [-0.4, -0.2) is 31.0 Å². The number of rotatable bonds is 7. The van der Waals surface area contributed by atoms with E-state index < -0.39 is 0 Å². The van der Waals surface area contributed by atoms with Crippen LogP contribution in [0.1, 0.15) is 16.8 Å². The summed E-state index contributed by atoms with van der Waals surface area (Å²) in [5, 5.41) is 0. The van der Waals surface area contributed by atoms with Crippen LogP contribution in [0.15, 0.2) is 30.3 Å². The predicted octanol–water partition coefficient (Wildman–Crippen LogP) is 2.64. The Morgan fingerprint density at radius 1 is 1.27 bits per heavy atom. The Morgan fingerprint density at radius 3 is 2.67 bits per heavy atom. The monoisotopic (exact) mass is 224 g/mol. The van der Waals surface area contributed by atoms with E-state index in [0.29, 0.717) is 6.42 Å². The maximum Gasteiger partial charge on any atom is 0.163 e. The van der Waals surface area contributed by atoms with Crippen molar-refractivity contribution in [1.29, 1.82) is 0 Å². The zero-order chi connectivity index (χ0) is 10.9. The first-order chi connectivity index (χ1) is 7.34. The van der Waals surface area contributed by atoms with Gasteiger partial charge in [0.15, 0.2) is 5.78 Å². The van der Waals surface area contributed by atoms with Crippen molar-refractivity contribution in [2.24, 2.45) is 0 Å². The van der Waals surface area contributed by atoms with Gasteiger partial charge in [0, 0.05) is 30.6 Å². The lowest BCUT2D eigenvalue weighted by Gasteiger charge is -2.01. The summed E-state index contributed by atoms with van der Waals surface area (Å²) in [4.78, 5) is 11.6. The van der Waals surface area contributed by atoms with Gasteiger partial charge in [-0.15, -0.1) is 0 Å². The van der Waals surface area contributed by atoms with E-state index in [2.05, 4.69) is 0 Å². The number of ether oxygens (including phenoxy) is 1. The van der Waals surface area contributed by atoms with E-state index in [4.69, 9.17) is 4.74 Å². The van der Waals surface area contributed by atoms with Crippen molar-refractivity contribution in [2.75, 3.05) is 25.2 Å². The van der Waals surface area contributed by atoms with Crippen LogP contribution >= 0.6 is 11.8 Å². The van der Waals surface area contributed by atoms with E-state index in [1.165, 1.54) is 0 Å². The quantitative estimate of drug-likeness (QED) is 0.526. The highest BCUT2D eigenvalue weighted by Gasteiger charge is 2.03. The van der Waals surface area contributed by atoms with Crippen molar-refractivity contribution in [2.45, 2.75) is 6.42 Å². The molecular weight excluding hydrogens is 208 g/mol. The van der Waals surface area contributed by atoms with Gasteiger partial charge in [0.25, 0.3) is 0 Å². The van der Waals surface area contributed by atoms with Gasteiger partial charge in [-0.05, 0) is 0 Å². The van der Waals surface area contributed by atoms with Crippen LogP contribution < -0.4 is 0 Å². The standard InChI is InChI=1S/C12H16O2S/c1-14-8-10-15-9-7-12(13)11-5-3-2-4-6-11/h2-6H,7-10H2,1H3. The topological polar surface area (TPSA) is 26.3 Å². The fourth-order valence-corrected chi connectivity index (χ4v) is 2.00. The molecule has 3 heteroatoms. The van der Waals surface area contributed by atoms with Crippen LogP contribution in [0.3, 0.4) is 0 Å². The van der Waals surface area contributed by atoms with Crippen molar-refractivity contribution < 1.29 is 9.53 Å². The van der Waals surface area contributed by atoms with Gasteiger partial charge in [-0.3, -0.25) is 4.79 Å². The molecule has 15 heavy (non-hydrogen) atoms. The van der Waals surface area contributed by atoms with Gasteiger partial charge in [-0.1, -0.05) is 30.3 Å². The smallest absolute Gasteiger partial charge is 0.163 e. The molecule has 0 radical (unpaired) electrons. The molecule has 0 aliphatic rings. The first-order valence-electron chi connectivity index (χ1n) is 4.99. The van der Waals surface area contributed by atoms with Crippen molar-refractivity contribution in [3.05, 3.63) is 35.9 Å². The summed E-state index contributed by atoms with van der Waals surface area (Å²) >= 11 is 1.75. The van der Waals surface area contributed by atoms with E-state index in [-0.39, 0.29) is 5.78 Å². The number of methoxy groups -OCH3 is 1. The van der Waals surface area contributed by atoms with Crippen LogP contribution in [0.25, 0.3) is 0 Å². The minimum absolute atomic E-state index is 0.223. The number of ketones is 1. The number of thioether (sulfide) groups is 1.